The number of para-hydroxylation sites is 1. The largest absolute Gasteiger partial charge is 0.492 e. The van der Waals surface area contributed by atoms with Crippen molar-refractivity contribution in [3.63, 3.8) is 0 Å². The van der Waals surface area contributed by atoms with Crippen LogP contribution in [0.15, 0.2) is 30.7 Å². The third kappa shape index (κ3) is 3.17. The highest BCUT2D eigenvalue weighted by molar-refractivity contribution is 5.93. The van der Waals surface area contributed by atoms with Crippen LogP contribution >= 0.6 is 0 Å². The van der Waals surface area contributed by atoms with Crippen molar-refractivity contribution in [3.8, 4) is 5.75 Å². The molecule has 1 aromatic carbocycles. The molecule has 0 spiro atoms. The van der Waals surface area contributed by atoms with Gasteiger partial charge in [-0.3, -0.25) is 0 Å². The number of hydrogen-bond acceptors (Lipinski definition) is 4. The van der Waals surface area contributed by atoms with Crippen molar-refractivity contribution in [3.05, 3.63) is 47.5 Å². The summed E-state index contributed by atoms with van der Waals surface area (Å²) in [4.78, 5) is 18.9. The zero-order chi connectivity index (χ0) is 14.4. The van der Waals surface area contributed by atoms with Crippen molar-refractivity contribution in [2.75, 3.05) is 13.7 Å². The Bertz CT molecular complexity index is 565. The SMILES string of the molecule is CCCOc1c(Cc2cnc[nH]2)cccc1C(=O)OC. The Morgan fingerprint density at radius 3 is 2.90 bits per heavy atom. The Morgan fingerprint density at radius 2 is 2.25 bits per heavy atom. The smallest absolute Gasteiger partial charge is 0.341 e. The molecule has 0 atom stereocenters. The van der Waals surface area contributed by atoms with Crippen molar-refractivity contribution in [2.24, 2.45) is 0 Å². The Kier molecular flexibility index (Phi) is 4.76. The number of nitrogens with zero attached hydrogens (tertiary/aromatic N) is 1. The summed E-state index contributed by atoms with van der Waals surface area (Å²) in [7, 11) is 1.37. The molecule has 0 aliphatic heterocycles. The summed E-state index contributed by atoms with van der Waals surface area (Å²) in [6, 6.07) is 5.49. The maximum atomic E-state index is 11.8. The Hall–Kier alpha value is -2.30. The summed E-state index contributed by atoms with van der Waals surface area (Å²) < 4.78 is 10.6. The molecule has 0 saturated heterocycles. The molecule has 20 heavy (non-hydrogen) atoms. The van der Waals surface area contributed by atoms with E-state index in [9.17, 15) is 4.79 Å². The Labute approximate surface area is 117 Å². The second-order valence-electron chi connectivity index (χ2n) is 4.39. The van der Waals surface area contributed by atoms with Crippen LogP contribution in [-0.4, -0.2) is 29.7 Å². The number of methoxy groups -OCH3 is 1. The van der Waals surface area contributed by atoms with E-state index >= 15 is 0 Å². The van der Waals surface area contributed by atoms with E-state index in [1.807, 2.05) is 19.1 Å². The van der Waals surface area contributed by atoms with Crippen LogP contribution in [0.2, 0.25) is 0 Å². The molecular weight excluding hydrogens is 256 g/mol. The van der Waals surface area contributed by atoms with E-state index in [1.165, 1.54) is 7.11 Å². The first-order chi connectivity index (χ1) is 9.76. The van der Waals surface area contributed by atoms with Crippen molar-refractivity contribution in [2.45, 2.75) is 19.8 Å². The van der Waals surface area contributed by atoms with E-state index in [-0.39, 0.29) is 5.97 Å². The number of imidazole rings is 1. The third-order valence-corrected chi connectivity index (χ3v) is 2.89. The van der Waals surface area contributed by atoms with E-state index in [4.69, 9.17) is 9.47 Å². The van der Waals surface area contributed by atoms with E-state index in [1.54, 1.807) is 18.6 Å². The number of hydrogen-bond donors (Lipinski definition) is 1. The van der Waals surface area contributed by atoms with E-state index in [2.05, 4.69) is 9.97 Å². The van der Waals surface area contributed by atoms with Gasteiger partial charge in [0.1, 0.15) is 11.3 Å². The number of aromatic nitrogens is 2. The number of carbonyl (C=O) groups excluding carboxylic acids is 1. The third-order valence-electron chi connectivity index (χ3n) is 2.89. The molecule has 0 amide bonds. The number of H-pyrrole nitrogens is 1. The van der Waals surface area contributed by atoms with Crippen LogP contribution < -0.4 is 4.74 Å². The van der Waals surface area contributed by atoms with Gasteiger partial charge < -0.3 is 14.5 Å². The van der Waals surface area contributed by atoms with Gasteiger partial charge in [-0.2, -0.15) is 0 Å². The lowest BCUT2D eigenvalue weighted by Gasteiger charge is -2.14. The Morgan fingerprint density at radius 1 is 1.40 bits per heavy atom. The number of nitrogens with one attached hydrogen (secondary N) is 1. The van der Waals surface area contributed by atoms with Crippen molar-refractivity contribution in [1.82, 2.24) is 9.97 Å². The molecule has 0 saturated carbocycles. The second-order valence-corrected chi connectivity index (χ2v) is 4.39. The monoisotopic (exact) mass is 274 g/mol. The lowest BCUT2D eigenvalue weighted by molar-refractivity contribution is 0.0595. The fraction of sp³-hybridized carbons (Fsp3) is 0.333. The summed E-state index contributed by atoms with van der Waals surface area (Å²) in [5, 5.41) is 0. The van der Waals surface area contributed by atoms with Gasteiger partial charge in [0, 0.05) is 23.9 Å². The molecule has 1 N–H and O–H groups in total. The number of esters is 1. The van der Waals surface area contributed by atoms with Crippen molar-refractivity contribution < 1.29 is 14.3 Å². The van der Waals surface area contributed by atoms with Crippen molar-refractivity contribution >= 4 is 5.97 Å². The molecule has 2 aromatic rings. The predicted molar refractivity (Wildman–Crippen MR) is 75.0 cm³/mol. The molecule has 0 fully saturated rings. The van der Waals surface area contributed by atoms with E-state index in [0.717, 1.165) is 17.7 Å². The molecule has 2 rings (SSSR count). The van der Waals surface area contributed by atoms with Gasteiger partial charge in [-0.05, 0) is 12.5 Å². The summed E-state index contributed by atoms with van der Waals surface area (Å²) in [6.07, 6.45) is 4.89. The molecule has 0 bridgehead atoms. The van der Waals surface area contributed by atoms with Gasteiger partial charge in [-0.25, -0.2) is 9.78 Å². The average Bonchev–Trinajstić information content (AvgIpc) is 2.98. The quantitative estimate of drug-likeness (QED) is 0.822. The predicted octanol–water partition coefficient (Wildman–Crippen LogP) is 2.58. The van der Waals surface area contributed by atoms with Gasteiger partial charge in [0.25, 0.3) is 0 Å². The lowest BCUT2D eigenvalue weighted by atomic mass is 10.0. The highest BCUT2D eigenvalue weighted by atomic mass is 16.5. The summed E-state index contributed by atoms with van der Waals surface area (Å²) in [5.41, 5.74) is 2.36. The zero-order valence-corrected chi connectivity index (χ0v) is 11.7. The molecular formula is C15H18N2O3. The zero-order valence-electron chi connectivity index (χ0n) is 11.7. The fourth-order valence-corrected chi connectivity index (χ4v) is 1.96. The molecule has 0 unspecified atom stereocenters. The normalized spacial score (nSPS) is 10.3. The minimum atomic E-state index is -0.387. The van der Waals surface area contributed by atoms with Crippen molar-refractivity contribution in [1.29, 1.82) is 0 Å². The minimum absolute atomic E-state index is 0.387. The minimum Gasteiger partial charge on any atom is -0.492 e. The van der Waals surface area contributed by atoms with Crippen LogP contribution in [0.4, 0.5) is 0 Å². The number of benzene rings is 1. The summed E-state index contributed by atoms with van der Waals surface area (Å²) >= 11 is 0. The van der Waals surface area contributed by atoms with Gasteiger partial charge in [-0.1, -0.05) is 19.1 Å². The molecule has 0 radical (unpaired) electrons. The number of carbonyl (C=O) groups is 1. The second kappa shape index (κ2) is 6.75. The highest BCUT2D eigenvalue weighted by Crippen LogP contribution is 2.27. The summed E-state index contributed by atoms with van der Waals surface area (Å²) in [5.74, 6) is 0.207. The molecule has 5 nitrogen and oxygen atoms in total. The van der Waals surface area contributed by atoms with Crippen LogP contribution in [0.3, 0.4) is 0 Å². The van der Waals surface area contributed by atoms with Gasteiger partial charge >= 0.3 is 5.97 Å². The maximum absolute atomic E-state index is 11.8. The molecule has 1 heterocycles. The maximum Gasteiger partial charge on any atom is 0.341 e. The van der Waals surface area contributed by atoms with Gasteiger partial charge in [0.05, 0.1) is 20.0 Å². The standard InChI is InChI=1S/C15H18N2O3/c1-3-7-20-14-11(8-12-9-16-10-17-12)5-4-6-13(14)15(18)19-2/h4-6,9-10H,3,7-8H2,1-2H3,(H,16,17). The topological polar surface area (TPSA) is 64.2 Å². The molecule has 1 aromatic heterocycles. The number of aromatic amines is 1. The first-order valence-electron chi connectivity index (χ1n) is 6.56. The van der Waals surface area contributed by atoms with Gasteiger partial charge in [0.2, 0.25) is 0 Å². The van der Waals surface area contributed by atoms with Crippen LogP contribution in [0.1, 0.15) is 35.0 Å². The molecule has 0 aliphatic carbocycles. The number of ether oxygens (including phenoxy) is 2. The van der Waals surface area contributed by atoms with E-state index in [0.29, 0.717) is 24.3 Å². The van der Waals surface area contributed by atoms with Gasteiger partial charge in [0.15, 0.2) is 0 Å². The fourth-order valence-electron chi connectivity index (χ4n) is 1.96. The van der Waals surface area contributed by atoms with Crippen LogP contribution in [0.25, 0.3) is 0 Å². The van der Waals surface area contributed by atoms with Gasteiger partial charge in [-0.15, -0.1) is 0 Å². The van der Waals surface area contributed by atoms with Crippen LogP contribution in [0, 0.1) is 0 Å². The first kappa shape index (κ1) is 14.1. The Balaban J connectivity index is 2.35. The lowest BCUT2D eigenvalue weighted by Crippen LogP contribution is -2.09. The van der Waals surface area contributed by atoms with Crippen LogP contribution in [-0.2, 0) is 11.2 Å². The number of rotatable bonds is 6. The molecule has 106 valence electrons. The highest BCUT2D eigenvalue weighted by Gasteiger charge is 2.17. The first-order valence-corrected chi connectivity index (χ1v) is 6.56. The average molecular weight is 274 g/mol. The summed E-state index contributed by atoms with van der Waals surface area (Å²) in [6.45, 7) is 2.58. The molecule has 0 aliphatic rings. The van der Waals surface area contributed by atoms with Crippen LogP contribution in [0.5, 0.6) is 5.75 Å². The van der Waals surface area contributed by atoms with E-state index < -0.39 is 0 Å². The molecule has 5 heteroatoms.